The van der Waals surface area contributed by atoms with Crippen LogP contribution in [-0.4, -0.2) is 44.5 Å². The molecular weight excluding hydrogens is 476 g/mol. The molecule has 2 aromatic carbocycles. The first kappa shape index (κ1) is 24.9. The lowest BCUT2D eigenvalue weighted by molar-refractivity contribution is -0.113. The summed E-state index contributed by atoms with van der Waals surface area (Å²) in [5.41, 5.74) is 5.31. The van der Waals surface area contributed by atoms with Crippen LogP contribution >= 0.6 is 23.1 Å². The number of nitrogens with one attached hydrogen (secondary N) is 1. The van der Waals surface area contributed by atoms with Crippen LogP contribution in [0, 0.1) is 6.92 Å². The van der Waals surface area contributed by atoms with E-state index in [1.807, 2.05) is 22.1 Å². The Labute approximate surface area is 214 Å². The van der Waals surface area contributed by atoms with E-state index in [1.165, 1.54) is 34.3 Å². The average molecular weight is 507 g/mol. The molecular formula is C26H30N6OS2. The van der Waals surface area contributed by atoms with Crippen LogP contribution in [0.15, 0.2) is 59.1 Å². The Kier molecular flexibility index (Phi) is 8.20. The summed E-state index contributed by atoms with van der Waals surface area (Å²) < 4.78 is 2.04. The molecule has 0 atom stereocenters. The van der Waals surface area contributed by atoms with Crippen molar-refractivity contribution in [3.63, 3.8) is 0 Å². The number of amides is 1. The summed E-state index contributed by atoms with van der Waals surface area (Å²) in [7, 11) is 0. The number of aryl methyl sites for hydroxylation is 1. The average Bonchev–Trinajstić information content (AvgIpc) is 3.51. The van der Waals surface area contributed by atoms with E-state index >= 15 is 0 Å². The Morgan fingerprint density at radius 1 is 1.00 bits per heavy atom. The van der Waals surface area contributed by atoms with Crippen LogP contribution in [-0.2, 0) is 11.3 Å². The van der Waals surface area contributed by atoms with Crippen molar-refractivity contribution in [1.29, 1.82) is 0 Å². The van der Waals surface area contributed by atoms with Crippen molar-refractivity contribution in [3.05, 3.63) is 59.5 Å². The Morgan fingerprint density at radius 3 is 2.34 bits per heavy atom. The maximum absolute atomic E-state index is 12.6. The van der Waals surface area contributed by atoms with E-state index in [4.69, 9.17) is 0 Å². The highest BCUT2D eigenvalue weighted by molar-refractivity contribution is 7.99. The number of benzene rings is 2. The van der Waals surface area contributed by atoms with Crippen molar-refractivity contribution in [1.82, 2.24) is 19.7 Å². The minimum absolute atomic E-state index is 0.115. The minimum Gasteiger partial charge on any atom is -0.372 e. The van der Waals surface area contributed by atoms with E-state index in [9.17, 15) is 4.79 Å². The SMILES string of the molecule is CCN(CC)c1ccc(-c2nnc(SCC(=O)Nc3nc(-c4ccc(C)cc4)cs3)n2CC)cc1. The molecule has 2 heterocycles. The first-order chi connectivity index (χ1) is 17.0. The summed E-state index contributed by atoms with van der Waals surface area (Å²) in [5, 5.41) is 15.0. The van der Waals surface area contributed by atoms with Crippen molar-refractivity contribution < 1.29 is 4.79 Å². The molecule has 4 aromatic rings. The molecule has 0 radical (unpaired) electrons. The Morgan fingerprint density at radius 2 is 1.69 bits per heavy atom. The maximum atomic E-state index is 12.6. The van der Waals surface area contributed by atoms with Gasteiger partial charge in [-0.2, -0.15) is 0 Å². The van der Waals surface area contributed by atoms with Crippen molar-refractivity contribution in [2.75, 3.05) is 29.1 Å². The second-order valence-corrected chi connectivity index (χ2v) is 9.81. The zero-order valence-electron chi connectivity index (χ0n) is 20.5. The lowest BCUT2D eigenvalue weighted by Gasteiger charge is -2.21. The minimum atomic E-state index is -0.115. The number of hydrogen-bond acceptors (Lipinski definition) is 7. The van der Waals surface area contributed by atoms with E-state index in [0.717, 1.165) is 47.4 Å². The van der Waals surface area contributed by atoms with Crippen LogP contribution in [0.5, 0.6) is 0 Å². The quantitative estimate of drug-likeness (QED) is 0.267. The first-order valence-electron chi connectivity index (χ1n) is 11.8. The highest BCUT2D eigenvalue weighted by Crippen LogP contribution is 2.28. The predicted molar refractivity (Wildman–Crippen MR) is 146 cm³/mol. The topological polar surface area (TPSA) is 75.9 Å². The van der Waals surface area contributed by atoms with Gasteiger partial charge in [-0.15, -0.1) is 21.5 Å². The summed E-state index contributed by atoms with van der Waals surface area (Å²) in [6, 6.07) is 16.6. The number of thiazole rings is 1. The lowest BCUT2D eigenvalue weighted by Crippen LogP contribution is -2.21. The van der Waals surface area contributed by atoms with Gasteiger partial charge in [-0.05, 0) is 52.0 Å². The monoisotopic (exact) mass is 506 g/mol. The van der Waals surface area contributed by atoms with Gasteiger partial charge < -0.3 is 14.8 Å². The summed E-state index contributed by atoms with van der Waals surface area (Å²) in [6.45, 7) is 11.1. The molecule has 0 aliphatic heterocycles. The number of nitrogens with zero attached hydrogens (tertiary/aromatic N) is 5. The van der Waals surface area contributed by atoms with Gasteiger partial charge in [0.15, 0.2) is 16.1 Å². The van der Waals surface area contributed by atoms with Gasteiger partial charge in [-0.1, -0.05) is 41.6 Å². The normalized spacial score (nSPS) is 11.0. The molecule has 1 N–H and O–H groups in total. The van der Waals surface area contributed by atoms with Crippen LogP contribution < -0.4 is 10.2 Å². The van der Waals surface area contributed by atoms with E-state index < -0.39 is 0 Å². The standard InChI is InChI=1S/C26H30N6OS2/c1-5-31(6-2)21-14-12-20(13-15-21)24-29-30-26(32(24)7-3)35-17-23(33)28-25-27-22(16-34-25)19-10-8-18(4)9-11-19/h8-16H,5-7,17H2,1-4H3,(H,27,28,33). The third-order valence-corrected chi connectivity index (χ3v) is 7.44. The number of carbonyl (C=O) groups excluding carboxylic acids is 1. The smallest absolute Gasteiger partial charge is 0.236 e. The van der Waals surface area contributed by atoms with Crippen molar-refractivity contribution in [2.24, 2.45) is 0 Å². The largest absolute Gasteiger partial charge is 0.372 e. The fraction of sp³-hybridized carbons (Fsp3) is 0.308. The molecule has 182 valence electrons. The molecule has 4 rings (SSSR count). The fourth-order valence-corrected chi connectivity index (χ4v) is 5.32. The number of thioether (sulfide) groups is 1. The molecule has 35 heavy (non-hydrogen) atoms. The zero-order chi connectivity index (χ0) is 24.8. The van der Waals surface area contributed by atoms with Gasteiger partial charge in [0.1, 0.15) is 0 Å². The van der Waals surface area contributed by atoms with Crippen LogP contribution in [0.4, 0.5) is 10.8 Å². The van der Waals surface area contributed by atoms with Crippen LogP contribution in [0.1, 0.15) is 26.3 Å². The Bertz CT molecular complexity index is 1260. The third kappa shape index (κ3) is 5.91. The molecule has 9 heteroatoms. The number of anilines is 2. The molecule has 7 nitrogen and oxygen atoms in total. The number of rotatable bonds is 10. The van der Waals surface area contributed by atoms with Gasteiger partial charge in [0, 0.05) is 41.8 Å². The zero-order valence-corrected chi connectivity index (χ0v) is 22.1. The third-order valence-electron chi connectivity index (χ3n) is 5.72. The summed E-state index contributed by atoms with van der Waals surface area (Å²) in [5.74, 6) is 0.929. The molecule has 0 unspecified atom stereocenters. The van der Waals surface area contributed by atoms with Crippen LogP contribution in [0.25, 0.3) is 22.6 Å². The number of carbonyl (C=O) groups is 1. The Hall–Kier alpha value is -3.17. The number of aromatic nitrogens is 4. The van der Waals surface area contributed by atoms with Crippen molar-refractivity contribution in [3.8, 4) is 22.6 Å². The molecule has 2 aromatic heterocycles. The maximum Gasteiger partial charge on any atom is 0.236 e. The summed E-state index contributed by atoms with van der Waals surface area (Å²) in [6.07, 6.45) is 0. The molecule has 0 aliphatic carbocycles. The molecule has 0 saturated heterocycles. The van der Waals surface area contributed by atoms with E-state index in [2.05, 4.69) is 89.5 Å². The molecule has 0 saturated carbocycles. The van der Waals surface area contributed by atoms with Crippen molar-refractivity contribution in [2.45, 2.75) is 39.4 Å². The highest BCUT2D eigenvalue weighted by Gasteiger charge is 2.16. The second-order valence-electron chi connectivity index (χ2n) is 8.01. The van der Waals surface area contributed by atoms with Gasteiger partial charge in [-0.25, -0.2) is 4.98 Å². The molecule has 0 fully saturated rings. The van der Waals surface area contributed by atoms with Crippen LogP contribution in [0.3, 0.4) is 0 Å². The highest BCUT2D eigenvalue weighted by atomic mass is 32.2. The fourth-order valence-electron chi connectivity index (χ4n) is 3.78. The van der Waals surface area contributed by atoms with Crippen molar-refractivity contribution >= 4 is 39.8 Å². The molecule has 0 spiro atoms. The van der Waals surface area contributed by atoms with Gasteiger partial charge in [0.25, 0.3) is 0 Å². The summed E-state index contributed by atoms with van der Waals surface area (Å²) >= 11 is 2.81. The van der Waals surface area contributed by atoms with Gasteiger partial charge >= 0.3 is 0 Å². The molecule has 0 bridgehead atoms. The van der Waals surface area contributed by atoms with Gasteiger partial charge in [0.05, 0.1) is 11.4 Å². The molecule has 0 aliphatic rings. The Balaban J connectivity index is 1.39. The lowest BCUT2D eigenvalue weighted by atomic mass is 10.1. The van der Waals surface area contributed by atoms with Gasteiger partial charge in [0.2, 0.25) is 5.91 Å². The molecule has 1 amide bonds. The van der Waals surface area contributed by atoms with E-state index in [0.29, 0.717) is 5.13 Å². The van der Waals surface area contributed by atoms with E-state index in [1.54, 1.807) is 0 Å². The number of hydrogen-bond donors (Lipinski definition) is 1. The summed E-state index contributed by atoms with van der Waals surface area (Å²) in [4.78, 5) is 19.4. The van der Waals surface area contributed by atoms with Crippen LogP contribution in [0.2, 0.25) is 0 Å². The predicted octanol–water partition coefficient (Wildman–Crippen LogP) is 5.97. The van der Waals surface area contributed by atoms with E-state index in [-0.39, 0.29) is 11.7 Å². The second kappa shape index (κ2) is 11.5. The van der Waals surface area contributed by atoms with Gasteiger partial charge in [-0.3, -0.25) is 4.79 Å². The first-order valence-corrected chi connectivity index (χ1v) is 13.6.